The van der Waals surface area contributed by atoms with Crippen molar-refractivity contribution < 1.29 is 22.8 Å². The van der Waals surface area contributed by atoms with Crippen molar-refractivity contribution in [3.05, 3.63) is 29.3 Å². The third-order valence-electron chi connectivity index (χ3n) is 4.17. The predicted molar refractivity (Wildman–Crippen MR) is 83.4 cm³/mol. The fraction of sp³-hybridized carbons (Fsp3) is 0.500. The van der Waals surface area contributed by atoms with Crippen LogP contribution in [-0.4, -0.2) is 36.3 Å². The van der Waals surface area contributed by atoms with Gasteiger partial charge in [-0.25, -0.2) is 0 Å². The van der Waals surface area contributed by atoms with E-state index in [0.29, 0.717) is 26.1 Å². The standard InChI is InChI=1S/C16H20F3N3O2/c1-10(23)21-13-6-11(5-12(7-13)16(17,18)19)14(24)22-4-3-15(2,8-20)9-22/h5-7H,3-4,8-9,20H2,1-2H3,(H,21,23). The van der Waals surface area contributed by atoms with E-state index < -0.39 is 23.6 Å². The number of nitrogens with two attached hydrogens (primary N) is 1. The van der Waals surface area contributed by atoms with Crippen molar-refractivity contribution >= 4 is 17.5 Å². The molecule has 0 spiro atoms. The Morgan fingerprint density at radius 3 is 2.50 bits per heavy atom. The maximum absolute atomic E-state index is 13.0. The Kier molecular flexibility index (Phi) is 4.89. The zero-order chi connectivity index (χ0) is 18.1. The number of hydrogen-bond acceptors (Lipinski definition) is 3. The van der Waals surface area contributed by atoms with E-state index in [0.717, 1.165) is 12.1 Å². The molecule has 5 nitrogen and oxygen atoms in total. The van der Waals surface area contributed by atoms with E-state index in [4.69, 9.17) is 5.73 Å². The van der Waals surface area contributed by atoms with Crippen molar-refractivity contribution in [1.82, 2.24) is 4.90 Å². The van der Waals surface area contributed by atoms with Gasteiger partial charge in [-0.1, -0.05) is 6.92 Å². The second-order valence-corrected chi connectivity index (χ2v) is 6.47. The van der Waals surface area contributed by atoms with Gasteiger partial charge >= 0.3 is 6.18 Å². The SMILES string of the molecule is CC(=O)Nc1cc(C(=O)N2CCC(C)(CN)C2)cc(C(F)(F)F)c1. The maximum atomic E-state index is 13.0. The molecule has 0 radical (unpaired) electrons. The van der Waals surface area contributed by atoms with Crippen LogP contribution in [0.25, 0.3) is 0 Å². The van der Waals surface area contributed by atoms with Crippen LogP contribution in [0.5, 0.6) is 0 Å². The summed E-state index contributed by atoms with van der Waals surface area (Å²) in [6.07, 6.45) is -3.91. The van der Waals surface area contributed by atoms with Crippen molar-refractivity contribution in [2.45, 2.75) is 26.4 Å². The van der Waals surface area contributed by atoms with E-state index in [1.165, 1.54) is 17.9 Å². The van der Waals surface area contributed by atoms with Crippen molar-refractivity contribution in [2.24, 2.45) is 11.1 Å². The van der Waals surface area contributed by atoms with E-state index >= 15 is 0 Å². The van der Waals surface area contributed by atoms with Crippen LogP contribution < -0.4 is 11.1 Å². The first kappa shape index (κ1) is 18.3. The highest BCUT2D eigenvalue weighted by Gasteiger charge is 2.36. The zero-order valence-corrected chi connectivity index (χ0v) is 13.5. The minimum Gasteiger partial charge on any atom is -0.338 e. The third-order valence-corrected chi connectivity index (χ3v) is 4.17. The number of carbonyl (C=O) groups is 2. The number of likely N-dealkylation sites (tertiary alicyclic amines) is 1. The molecule has 0 aromatic heterocycles. The quantitative estimate of drug-likeness (QED) is 0.885. The molecular formula is C16H20F3N3O2. The van der Waals surface area contributed by atoms with Crippen LogP contribution in [-0.2, 0) is 11.0 Å². The van der Waals surface area contributed by atoms with Gasteiger partial charge < -0.3 is 16.0 Å². The molecule has 1 aliphatic rings. The highest BCUT2D eigenvalue weighted by Crippen LogP contribution is 2.34. The third kappa shape index (κ3) is 4.05. The lowest BCUT2D eigenvalue weighted by Gasteiger charge is -2.23. The number of nitrogens with zero attached hydrogens (tertiary/aromatic N) is 1. The summed E-state index contributed by atoms with van der Waals surface area (Å²) in [7, 11) is 0. The van der Waals surface area contributed by atoms with Crippen molar-refractivity contribution in [2.75, 3.05) is 25.0 Å². The van der Waals surface area contributed by atoms with Gasteiger partial charge in [0.25, 0.3) is 5.91 Å². The number of nitrogens with one attached hydrogen (secondary N) is 1. The van der Waals surface area contributed by atoms with Gasteiger partial charge in [-0.15, -0.1) is 0 Å². The number of rotatable bonds is 3. The summed E-state index contributed by atoms with van der Waals surface area (Å²) < 4.78 is 39.1. The molecule has 1 heterocycles. The summed E-state index contributed by atoms with van der Waals surface area (Å²) in [5.74, 6) is -1.01. The fourth-order valence-corrected chi connectivity index (χ4v) is 2.74. The molecule has 1 aromatic rings. The van der Waals surface area contributed by atoms with Crippen LogP contribution >= 0.6 is 0 Å². The van der Waals surface area contributed by atoms with Gasteiger partial charge in [-0.2, -0.15) is 13.2 Å². The molecule has 1 saturated heterocycles. The molecule has 0 saturated carbocycles. The Balaban J connectivity index is 2.35. The maximum Gasteiger partial charge on any atom is 0.416 e. The predicted octanol–water partition coefficient (Wildman–Crippen LogP) is 2.47. The van der Waals surface area contributed by atoms with Crippen LogP contribution in [0.15, 0.2) is 18.2 Å². The Bertz CT molecular complexity index is 660. The molecule has 2 amide bonds. The lowest BCUT2D eigenvalue weighted by molar-refractivity contribution is -0.137. The molecule has 1 atom stereocenters. The lowest BCUT2D eigenvalue weighted by Crippen LogP contribution is -2.34. The number of carbonyl (C=O) groups excluding carboxylic acids is 2. The van der Waals surface area contributed by atoms with Crippen LogP contribution in [0, 0.1) is 5.41 Å². The monoisotopic (exact) mass is 343 g/mol. The second kappa shape index (κ2) is 6.43. The summed E-state index contributed by atoms with van der Waals surface area (Å²) >= 11 is 0. The molecular weight excluding hydrogens is 323 g/mol. The minimum atomic E-state index is -4.61. The summed E-state index contributed by atoms with van der Waals surface area (Å²) in [6.45, 7) is 4.37. The summed E-state index contributed by atoms with van der Waals surface area (Å²) in [6, 6.07) is 2.88. The van der Waals surface area contributed by atoms with Gasteiger partial charge in [0.2, 0.25) is 5.91 Å². The topological polar surface area (TPSA) is 75.4 Å². The first-order valence-electron chi connectivity index (χ1n) is 7.53. The number of halogens is 3. The number of alkyl halides is 3. The van der Waals surface area contributed by atoms with Gasteiger partial charge in [0.05, 0.1) is 5.56 Å². The Morgan fingerprint density at radius 2 is 2.00 bits per heavy atom. The lowest BCUT2D eigenvalue weighted by atomic mass is 9.90. The average Bonchev–Trinajstić information content (AvgIpc) is 2.88. The molecule has 0 aliphatic carbocycles. The van der Waals surface area contributed by atoms with Gasteiger partial charge in [0, 0.05) is 31.3 Å². The van der Waals surface area contributed by atoms with Gasteiger partial charge in [0.15, 0.2) is 0 Å². The van der Waals surface area contributed by atoms with Crippen LogP contribution in [0.4, 0.5) is 18.9 Å². The molecule has 132 valence electrons. The summed E-state index contributed by atoms with van der Waals surface area (Å²) in [5.41, 5.74) is 4.34. The van der Waals surface area contributed by atoms with E-state index in [2.05, 4.69) is 5.32 Å². The Labute approximate surface area is 138 Å². The number of benzene rings is 1. The highest BCUT2D eigenvalue weighted by molar-refractivity contribution is 5.97. The van der Waals surface area contributed by atoms with E-state index in [-0.39, 0.29) is 16.7 Å². The van der Waals surface area contributed by atoms with Gasteiger partial charge in [-0.3, -0.25) is 9.59 Å². The van der Waals surface area contributed by atoms with Gasteiger partial charge in [-0.05, 0) is 36.6 Å². The first-order chi connectivity index (χ1) is 11.0. The molecule has 1 fully saturated rings. The van der Waals surface area contributed by atoms with Crippen LogP contribution in [0.3, 0.4) is 0 Å². The Hall–Kier alpha value is -2.09. The Morgan fingerprint density at radius 1 is 1.33 bits per heavy atom. The van der Waals surface area contributed by atoms with Crippen LogP contribution in [0.2, 0.25) is 0 Å². The highest BCUT2D eigenvalue weighted by atomic mass is 19.4. The molecule has 3 N–H and O–H groups in total. The van der Waals surface area contributed by atoms with E-state index in [1.54, 1.807) is 0 Å². The normalized spacial score (nSPS) is 21.0. The van der Waals surface area contributed by atoms with E-state index in [1.807, 2.05) is 6.92 Å². The van der Waals surface area contributed by atoms with Crippen molar-refractivity contribution in [3.63, 3.8) is 0 Å². The molecule has 0 bridgehead atoms. The number of hydrogen-bond donors (Lipinski definition) is 2. The molecule has 2 rings (SSSR count). The summed E-state index contributed by atoms with van der Waals surface area (Å²) in [4.78, 5) is 25.2. The van der Waals surface area contributed by atoms with Crippen molar-refractivity contribution in [3.8, 4) is 0 Å². The number of amides is 2. The fourth-order valence-electron chi connectivity index (χ4n) is 2.74. The second-order valence-electron chi connectivity index (χ2n) is 6.47. The smallest absolute Gasteiger partial charge is 0.338 e. The molecule has 1 unspecified atom stereocenters. The first-order valence-corrected chi connectivity index (χ1v) is 7.53. The average molecular weight is 343 g/mol. The molecule has 24 heavy (non-hydrogen) atoms. The molecule has 8 heteroatoms. The van der Waals surface area contributed by atoms with Crippen LogP contribution in [0.1, 0.15) is 36.2 Å². The van der Waals surface area contributed by atoms with E-state index in [9.17, 15) is 22.8 Å². The minimum absolute atomic E-state index is 0.0542. The van der Waals surface area contributed by atoms with Crippen molar-refractivity contribution in [1.29, 1.82) is 0 Å². The molecule has 1 aromatic carbocycles. The largest absolute Gasteiger partial charge is 0.416 e. The van der Waals surface area contributed by atoms with Gasteiger partial charge in [0.1, 0.15) is 0 Å². The zero-order valence-electron chi connectivity index (χ0n) is 13.5. The summed E-state index contributed by atoms with van der Waals surface area (Å²) in [5, 5.41) is 2.30. The number of anilines is 1. The molecule has 1 aliphatic heterocycles.